The first kappa shape index (κ1) is 12.8. The third-order valence-electron chi connectivity index (χ3n) is 3.79. The van der Waals surface area contributed by atoms with E-state index in [1.54, 1.807) is 0 Å². The first-order valence-electron chi connectivity index (χ1n) is 6.31. The number of rotatable bonds is 5. The zero-order chi connectivity index (χ0) is 12.3. The van der Waals surface area contributed by atoms with Crippen molar-refractivity contribution in [2.24, 2.45) is 17.1 Å². The van der Waals surface area contributed by atoms with Crippen molar-refractivity contribution in [3.63, 3.8) is 0 Å². The van der Waals surface area contributed by atoms with Crippen LogP contribution in [0.1, 0.15) is 32.1 Å². The van der Waals surface area contributed by atoms with Gasteiger partial charge in [-0.25, -0.2) is 0 Å². The zero-order valence-corrected chi connectivity index (χ0v) is 10.9. The Kier molecular flexibility index (Phi) is 3.99. The largest absolute Gasteiger partial charge is 0.392 e. The number of ether oxygens (including phenoxy) is 1. The Morgan fingerprint density at radius 3 is 2.59 bits per heavy atom. The van der Waals surface area contributed by atoms with Crippen LogP contribution < -0.4 is 11.1 Å². The lowest BCUT2D eigenvalue weighted by atomic mass is 9.79. The second-order valence-corrected chi connectivity index (χ2v) is 5.49. The monoisotopic (exact) mass is 256 g/mol. The van der Waals surface area contributed by atoms with Crippen LogP contribution in [0.2, 0.25) is 0 Å². The number of nitrogens with two attached hydrogens (primary N) is 1. The molecule has 1 saturated heterocycles. The molecule has 0 aromatic carbocycles. The number of carbonyl (C=O) groups excluding carboxylic acids is 1. The lowest BCUT2D eigenvalue weighted by molar-refractivity contribution is -0.131. The van der Waals surface area contributed by atoms with Crippen LogP contribution in [-0.4, -0.2) is 30.7 Å². The van der Waals surface area contributed by atoms with Crippen molar-refractivity contribution < 1.29 is 9.53 Å². The molecule has 0 unspecified atom stereocenters. The maximum Gasteiger partial charge on any atom is 0.233 e. The summed E-state index contributed by atoms with van der Waals surface area (Å²) in [5.74, 6) is 0.819. The molecular formula is C12H20N2O2S. The highest BCUT2D eigenvalue weighted by atomic mass is 32.1. The van der Waals surface area contributed by atoms with Gasteiger partial charge in [0.1, 0.15) is 5.41 Å². The summed E-state index contributed by atoms with van der Waals surface area (Å²) >= 11 is 5.08. The molecule has 1 heterocycles. The third kappa shape index (κ3) is 2.96. The van der Waals surface area contributed by atoms with Crippen molar-refractivity contribution >= 4 is 23.1 Å². The fourth-order valence-corrected chi connectivity index (χ4v) is 2.57. The standard InChI is InChI=1S/C12H20N2O2S/c13-10(17)12(4-7-16-8-5-12)11(15)14-6-3-9-1-2-9/h9H,1-8H2,(H2,13,17)(H,14,15). The van der Waals surface area contributed by atoms with E-state index in [1.807, 2.05) is 0 Å². The van der Waals surface area contributed by atoms with Crippen LogP contribution in [0.5, 0.6) is 0 Å². The molecule has 2 rings (SSSR count). The van der Waals surface area contributed by atoms with Crippen LogP contribution in [0.4, 0.5) is 0 Å². The molecule has 4 nitrogen and oxygen atoms in total. The van der Waals surface area contributed by atoms with E-state index >= 15 is 0 Å². The fourth-order valence-electron chi connectivity index (χ4n) is 2.27. The summed E-state index contributed by atoms with van der Waals surface area (Å²) in [6.07, 6.45) is 4.92. The molecule has 17 heavy (non-hydrogen) atoms. The van der Waals surface area contributed by atoms with Gasteiger partial charge in [-0.15, -0.1) is 0 Å². The van der Waals surface area contributed by atoms with Crippen LogP contribution in [-0.2, 0) is 9.53 Å². The molecule has 5 heteroatoms. The average Bonchev–Trinajstić information content (AvgIpc) is 3.13. The van der Waals surface area contributed by atoms with Gasteiger partial charge in [0.2, 0.25) is 5.91 Å². The Labute approximate surface area is 107 Å². The summed E-state index contributed by atoms with van der Waals surface area (Å²) in [5.41, 5.74) is 5.09. The fraction of sp³-hybridized carbons (Fsp3) is 0.833. The van der Waals surface area contributed by atoms with E-state index in [4.69, 9.17) is 22.7 Å². The minimum Gasteiger partial charge on any atom is -0.392 e. The van der Waals surface area contributed by atoms with E-state index in [2.05, 4.69) is 5.32 Å². The summed E-state index contributed by atoms with van der Waals surface area (Å²) in [6, 6.07) is 0. The number of thiocarbonyl (C=S) groups is 1. The molecule has 0 radical (unpaired) electrons. The first-order chi connectivity index (χ1) is 8.15. The van der Waals surface area contributed by atoms with Crippen molar-refractivity contribution in [1.29, 1.82) is 0 Å². The third-order valence-corrected chi connectivity index (χ3v) is 4.18. The Morgan fingerprint density at radius 1 is 1.41 bits per heavy atom. The summed E-state index contributed by atoms with van der Waals surface area (Å²) in [6.45, 7) is 1.87. The van der Waals surface area contributed by atoms with Crippen molar-refractivity contribution in [2.75, 3.05) is 19.8 Å². The summed E-state index contributed by atoms with van der Waals surface area (Å²) in [7, 11) is 0. The van der Waals surface area contributed by atoms with E-state index in [1.165, 1.54) is 12.8 Å². The molecule has 1 aliphatic heterocycles. The Balaban J connectivity index is 1.89. The quantitative estimate of drug-likeness (QED) is 0.720. The van der Waals surface area contributed by atoms with Crippen LogP contribution in [0.25, 0.3) is 0 Å². The molecule has 1 aliphatic carbocycles. The van der Waals surface area contributed by atoms with Gasteiger partial charge in [-0.05, 0) is 25.2 Å². The van der Waals surface area contributed by atoms with E-state index in [-0.39, 0.29) is 5.91 Å². The van der Waals surface area contributed by atoms with Crippen LogP contribution >= 0.6 is 12.2 Å². The lowest BCUT2D eigenvalue weighted by Crippen LogP contribution is -2.52. The summed E-state index contributed by atoms with van der Waals surface area (Å²) in [5, 5.41) is 2.98. The lowest BCUT2D eigenvalue weighted by Gasteiger charge is -2.34. The van der Waals surface area contributed by atoms with Crippen molar-refractivity contribution in [1.82, 2.24) is 5.32 Å². The molecule has 1 amide bonds. The van der Waals surface area contributed by atoms with Gasteiger partial charge in [-0.3, -0.25) is 4.79 Å². The van der Waals surface area contributed by atoms with Crippen molar-refractivity contribution in [3.05, 3.63) is 0 Å². The van der Waals surface area contributed by atoms with Crippen LogP contribution in [0, 0.1) is 11.3 Å². The van der Waals surface area contributed by atoms with E-state index in [0.29, 0.717) is 31.0 Å². The molecule has 96 valence electrons. The molecule has 2 aliphatic rings. The molecular weight excluding hydrogens is 236 g/mol. The highest BCUT2D eigenvalue weighted by Gasteiger charge is 2.42. The SMILES string of the molecule is NC(=S)C1(C(=O)NCCC2CC2)CCOCC1. The predicted molar refractivity (Wildman–Crippen MR) is 69.6 cm³/mol. The minimum atomic E-state index is -0.670. The molecule has 0 spiro atoms. The van der Waals surface area contributed by atoms with E-state index in [9.17, 15) is 4.79 Å². The van der Waals surface area contributed by atoms with Gasteiger partial charge in [0.05, 0.1) is 4.99 Å². The number of hydrogen-bond acceptors (Lipinski definition) is 3. The van der Waals surface area contributed by atoms with Crippen LogP contribution in [0.15, 0.2) is 0 Å². The van der Waals surface area contributed by atoms with Gasteiger partial charge in [0.15, 0.2) is 0 Å². The van der Waals surface area contributed by atoms with Crippen molar-refractivity contribution in [3.8, 4) is 0 Å². The van der Waals surface area contributed by atoms with Gasteiger partial charge >= 0.3 is 0 Å². The van der Waals surface area contributed by atoms with E-state index < -0.39 is 5.41 Å². The maximum atomic E-state index is 12.2. The number of amides is 1. The second kappa shape index (κ2) is 5.31. The Bertz CT molecular complexity index is 310. The predicted octanol–water partition coefficient (Wildman–Crippen LogP) is 0.986. The minimum absolute atomic E-state index is 0.00560. The molecule has 0 atom stereocenters. The Morgan fingerprint density at radius 2 is 2.06 bits per heavy atom. The van der Waals surface area contributed by atoms with E-state index in [0.717, 1.165) is 18.9 Å². The van der Waals surface area contributed by atoms with Crippen molar-refractivity contribution in [2.45, 2.75) is 32.1 Å². The zero-order valence-electron chi connectivity index (χ0n) is 10.0. The molecule has 0 aromatic rings. The maximum absolute atomic E-state index is 12.2. The summed E-state index contributed by atoms with van der Waals surface area (Å²) in [4.78, 5) is 12.5. The van der Waals surface area contributed by atoms with Gasteiger partial charge < -0.3 is 15.8 Å². The Hall–Kier alpha value is -0.680. The summed E-state index contributed by atoms with van der Waals surface area (Å²) < 4.78 is 5.28. The highest BCUT2D eigenvalue weighted by Crippen LogP contribution is 2.33. The highest BCUT2D eigenvalue weighted by molar-refractivity contribution is 7.80. The second-order valence-electron chi connectivity index (χ2n) is 5.05. The topological polar surface area (TPSA) is 64.4 Å². The number of hydrogen-bond donors (Lipinski definition) is 2. The number of nitrogens with one attached hydrogen (secondary N) is 1. The molecule has 2 fully saturated rings. The van der Waals surface area contributed by atoms with Crippen LogP contribution in [0.3, 0.4) is 0 Å². The van der Waals surface area contributed by atoms with Gasteiger partial charge in [-0.2, -0.15) is 0 Å². The molecule has 3 N–H and O–H groups in total. The number of carbonyl (C=O) groups is 1. The van der Waals surface area contributed by atoms with Gasteiger partial charge in [0, 0.05) is 19.8 Å². The molecule has 1 saturated carbocycles. The average molecular weight is 256 g/mol. The van der Waals surface area contributed by atoms with Gasteiger partial charge in [0.25, 0.3) is 0 Å². The normalized spacial score (nSPS) is 23.1. The molecule has 0 aromatic heterocycles. The molecule has 0 bridgehead atoms. The first-order valence-corrected chi connectivity index (χ1v) is 6.72. The smallest absolute Gasteiger partial charge is 0.233 e. The van der Waals surface area contributed by atoms with Gasteiger partial charge in [-0.1, -0.05) is 25.1 Å².